The lowest BCUT2D eigenvalue weighted by Crippen LogP contribution is -2.26. The fraction of sp³-hybridized carbons (Fsp3) is 0.385. The van der Waals surface area contributed by atoms with E-state index in [1.54, 1.807) is 11.0 Å². The lowest BCUT2D eigenvalue weighted by molar-refractivity contribution is 0.101. The van der Waals surface area contributed by atoms with Crippen LogP contribution in [0.25, 0.3) is 0 Å². The molecular formula is C13H15FN2O. The molecular weight excluding hydrogens is 219 g/mol. The highest BCUT2D eigenvalue weighted by Crippen LogP contribution is 2.25. The summed E-state index contributed by atoms with van der Waals surface area (Å²) < 4.78 is 13.8. The van der Waals surface area contributed by atoms with Crippen molar-refractivity contribution in [1.29, 1.82) is 5.26 Å². The van der Waals surface area contributed by atoms with Crippen molar-refractivity contribution in [3.05, 3.63) is 29.6 Å². The van der Waals surface area contributed by atoms with Gasteiger partial charge in [-0.3, -0.25) is 4.79 Å². The van der Waals surface area contributed by atoms with Gasteiger partial charge in [0.05, 0.1) is 18.2 Å². The number of rotatable bonds is 5. The third kappa shape index (κ3) is 3.04. The maximum atomic E-state index is 13.8. The molecule has 0 bridgehead atoms. The lowest BCUT2D eigenvalue weighted by atomic mass is 10.1. The minimum Gasteiger partial charge on any atom is -0.368 e. The number of nitrogens with zero attached hydrogens (tertiary/aromatic N) is 2. The number of ketones is 1. The van der Waals surface area contributed by atoms with Crippen LogP contribution in [0.1, 0.15) is 30.6 Å². The minimum absolute atomic E-state index is 0.171. The Balaban J connectivity index is 3.17. The zero-order valence-electron chi connectivity index (χ0n) is 10.0. The number of anilines is 1. The molecule has 3 nitrogen and oxygen atoms in total. The fourth-order valence-electron chi connectivity index (χ4n) is 1.73. The first kappa shape index (κ1) is 13.2. The van der Waals surface area contributed by atoms with E-state index in [-0.39, 0.29) is 5.78 Å². The van der Waals surface area contributed by atoms with Gasteiger partial charge in [-0.1, -0.05) is 6.07 Å². The molecule has 0 aromatic heterocycles. The summed E-state index contributed by atoms with van der Waals surface area (Å²) in [6.45, 7) is 4.27. The Morgan fingerprint density at radius 1 is 1.53 bits per heavy atom. The van der Waals surface area contributed by atoms with Crippen LogP contribution in [0.4, 0.5) is 10.1 Å². The Morgan fingerprint density at radius 2 is 2.24 bits per heavy atom. The zero-order valence-corrected chi connectivity index (χ0v) is 10.0. The summed E-state index contributed by atoms with van der Waals surface area (Å²) in [6.07, 6.45) is 0.305. The van der Waals surface area contributed by atoms with Gasteiger partial charge in [-0.15, -0.1) is 0 Å². The zero-order chi connectivity index (χ0) is 12.8. The van der Waals surface area contributed by atoms with Gasteiger partial charge in [0.2, 0.25) is 0 Å². The van der Waals surface area contributed by atoms with Crippen molar-refractivity contribution in [1.82, 2.24) is 0 Å². The molecule has 0 aliphatic rings. The van der Waals surface area contributed by atoms with Crippen molar-refractivity contribution >= 4 is 11.5 Å². The van der Waals surface area contributed by atoms with Gasteiger partial charge in [0.1, 0.15) is 5.82 Å². The highest BCUT2D eigenvalue weighted by atomic mass is 19.1. The lowest BCUT2D eigenvalue weighted by Gasteiger charge is -2.24. The summed E-state index contributed by atoms with van der Waals surface area (Å²) >= 11 is 0. The smallest absolute Gasteiger partial charge is 0.161 e. The molecule has 1 aromatic carbocycles. The van der Waals surface area contributed by atoms with E-state index >= 15 is 0 Å². The van der Waals surface area contributed by atoms with Gasteiger partial charge in [0.25, 0.3) is 0 Å². The topological polar surface area (TPSA) is 44.1 Å². The van der Waals surface area contributed by atoms with E-state index in [1.807, 2.05) is 13.0 Å². The molecule has 0 amide bonds. The molecule has 0 heterocycles. The first-order valence-corrected chi connectivity index (χ1v) is 5.53. The Morgan fingerprint density at radius 3 is 2.76 bits per heavy atom. The Hall–Kier alpha value is -1.89. The number of para-hydroxylation sites is 1. The molecule has 0 aliphatic heterocycles. The Labute approximate surface area is 100 Å². The fourth-order valence-corrected chi connectivity index (χ4v) is 1.73. The SMILES string of the molecule is CCN(CCC#N)c1c(F)cccc1C(C)=O. The van der Waals surface area contributed by atoms with Crippen LogP contribution in [0.15, 0.2) is 18.2 Å². The number of carbonyl (C=O) groups is 1. The molecule has 17 heavy (non-hydrogen) atoms. The molecule has 1 rings (SSSR count). The van der Waals surface area contributed by atoms with Crippen LogP contribution < -0.4 is 4.90 Å². The Bertz CT molecular complexity index is 451. The third-order valence-electron chi connectivity index (χ3n) is 2.56. The summed E-state index contributed by atoms with van der Waals surface area (Å²) in [5.41, 5.74) is 0.669. The van der Waals surface area contributed by atoms with Crippen molar-refractivity contribution in [3.8, 4) is 6.07 Å². The standard InChI is InChI=1S/C13H15FN2O/c1-3-16(9-5-8-15)13-11(10(2)17)6-4-7-12(13)14/h4,6-7H,3,5,9H2,1-2H3. The van der Waals surface area contributed by atoms with Crippen molar-refractivity contribution in [2.75, 3.05) is 18.0 Å². The van der Waals surface area contributed by atoms with E-state index in [0.717, 1.165) is 0 Å². The maximum absolute atomic E-state index is 13.8. The highest BCUT2D eigenvalue weighted by molar-refractivity contribution is 5.99. The van der Waals surface area contributed by atoms with Gasteiger partial charge < -0.3 is 4.90 Å². The van der Waals surface area contributed by atoms with E-state index in [4.69, 9.17) is 5.26 Å². The van der Waals surface area contributed by atoms with Crippen molar-refractivity contribution in [3.63, 3.8) is 0 Å². The predicted molar refractivity (Wildman–Crippen MR) is 64.5 cm³/mol. The van der Waals surface area contributed by atoms with Gasteiger partial charge in [-0.2, -0.15) is 5.26 Å². The maximum Gasteiger partial charge on any atom is 0.161 e. The van der Waals surface area contributed by atoms with Crippen LogP contribution >= 0.6 is 0 Å². The average Bonchev–Trinajstić information content (AvgIpc) is 2.31. The number of halogens is 1. The molecule has 0 spiro atoms. The molecule has 4 heteroatoms. The molecule has 1 aromatic rings. The Kier molecular flexibility index (Phi) is 4.65. The normalized spacial score (nSPS) is 9.76. The second kappa shape index (κ2) is 6.00. The monoisotopic (exact) mass is 234 g/mol. The number of hydrogen-bond acceptors (Lipinski definition) is 3. The van der Waals surface area contributed by atoms with E-state index in [9.17, 15) is 9.18 Å². The van der Waals surface area contributed by atoms with Crippen molar-refractivity contribution in [2.45, 2.75) is 20.3 Å². The summed E-state index contributed by atoms with van der Waals surface area (Å²) in [7, 11) is 0. The van der Waals surface area contributed by atoms with Gasteiger partial charge in [0.15, 0.2) is 5.78 Å². The molecule has 0 fully saturated rings. The number of benzene rings is 1. The second-order valence-corrected chi connectivity index (χ2v) is 3.68. The van der Waals surface area contributed by atoms with Crippen LogP contribution in [-0.2, 0) is 0 Å². The number of hydrogen-bond donors (Lipinski definition) is 0. The molecule has 0 unspecified atom stereocenters. The van der Waals surface area contributed by atoms with Crippen molar-refractivity contribution < 1.29 is 9.18 Å². The van der Waals surface area contributed by atoms with Crippen LogP contribution in [0.2, 0.25) is 0 Å². The van der Waals surface area contributed by atoms with E-state index in [0.29, 0.717) is 30.8 Å². The van der Waals surface area contributed by atoms with E-state index in [2.05, 4.69) is 0 Å². The quantitative estimate of drug-likeness (QED) is 0.736. The minimum atomic E-state index is -0.419. The average molecular weight is 234 g/mol. The summed E-state index contributed by atoms with van der Waals surface area (Å²) in [6, 6.07) is 6.48. The molecule has 0 saturated heterocycles. The molecule has 0 N–H and O–H groups in total. The van der Waals surface area contributed by atoms with Crippen LogP contribution in [0.5, 0.6) is 0 Å². The molecule has 0 atom stereocenters. The summed E-state index contributed by atoms with van der Waals surface area (Å²) in [5, 5.41) is 8.57. The third-order valence-corrected chi connectivity index (χ3v) is 2.56. The van der Waals surface area contributed by atoms with Gasteiger partial charge in [0, 0.05) is 18.7 Å². The number of Topliss-reactive ketones (excluding diaryl/α,β-unsaturated/α-hetero) is 1. The summed E-state index contributed by atoms with van der Waals surface area (Å²) in [4.78, 5) is 13.2. The highest BCUT2D eigenvalue weighted by Gasteiger charge is 2.17. The van der Waals surface area contributed by atoms with Crippen molar-refractivity contribution in [2.24, 2.45) is 0 Å². The van der Waals surface area contributed by atoms with Crippen LogP contribution in [-0.4, -0.2) is 18.9 Å². The van der Waals surface area contributed by atoms with E-state index < -0.39 is 5.82 Å². The van der Waals surface area contributed by atoms with Gasteiger partial charge in [-0.05, 0) is 26.0 Å². The largest absolute Gasteiger partial charge is 0.368 e. The predicted octanol–water partition coefficient (Wildman–Crippen LogP) is 2.77. The molecule has 90 valence electrons. The first-order valence-electron chi connectivity index (χ1n) is 5.53. The van der Waals surface area contributed by atoms with Gasteiger partial charge in [-0.25, -0.2) is 4.39 Å². The molecule has 0 aliphatic carbocycles. The summed E-state index contributed by atoms with van der Waals surface area (Å²) in [5.74, 6) is -0.590. The first-order chi connectivity index (χ1) is 8.11. The second-order valence-electron chi connectivity index (χ2n) is 3.68. The molecule has 0 saturated carbocycles. The van der Waals surface area contributed by atoms with Gasteiger partial charge >= 0.3 is 0 Å². The molecule has 0 radical (unpaired) electrons. The number of carbonyl (C=O) groups excluding carboxylic acids is 1. The number of nitriles is 1. The van der Waals surface area contributed by atoms with E-state index in [1.165, 1.54) is 19.1 Å². The van der Waals surface area contributed by atoms with Crippen LogP contribution in [0.3, 0.4) is 0 Å². The van der Waals surface area contributed by atoms with Crippen LogP contribution in [0, 0.1) is 17.1 Å².